The lowest BCUT2D eigenvalue weighted by Gasteiger charge is -2.41. The van der Waals surface area contributed by atoms with Crippen LogP contribution in [0.25, 0.3) is 0 Å². The minimum Gasteiger partial charge on any atom is -0.496 e. The van der Waals surface area contributed by atoms with Crippen molar-refractivity contribution in [3.8, 4) is 5.75 Å². The molecule has 1 fully saturated rings. The number of hydrogen-bond acceptors (Lipinski definition) is 4. The maximum Gasteiger partial charge on any atom is 0.282 e. The predicted molar refractivity (Wildman–Crippen MR) is 87.3 cm³/mol. The Morgan fingerprint density at radius 3 is 2.48 bits per heavy atom. The van der Waals surface area contributed by atoms with E-state index in [1.54, 1.807) is 18.1 Å². The molecule has 0 aromatic heterocycles. The molecule has 2 rings (SSSR count). The van der Waals surface area contributed by atoms with E-state index in [2.05, 4.69) is 0 Å². The summed E-state index contributed by atoms with van der Waals surface area (Å²) < 4.78 is 33.3. The largest absolute Gasteiger partial charge is 0.496 e. The van der Waals surface area contributed by atoms with Crippen molar-refractivity contribution < 1.29 is 17.9 Å². The van der Waals surface area contributed by atoms with Crippen LogP contribution in [0.1, 0.15) is 18.5 Å². The molecule has 0 saturated carbocycles. The lowest BCUT2D eigenvalue weighted by molar-refractivity contribution is -0.131. The fourth-order valence-corrected chi connectivity index (χ4v) is 3.97. The van der Waals surface area contributed by atoms with Crippen molar-refractivity contribution in [2.45, 2.75) is 13.0 Å². The van der Waals surface area contributed by atoms with Crippen LogP contribution in [0.15, 0.2) is 24.3 Å². The van der Waals surface area contributed by atoms with Crippen molar-refractivity contribution in [3.05, 3.63) is 29.8 Å². The van der Waals surface area contributed by atoms with Crippen molar-refractivity contribution in [1.82, 2.24) is 13.5 Å². The smallest absolute Gasteiger partial charge is 0.282 e. The number of carbonyl (C=O) groups excluding carboxylic acids is 1. The van der Waals surface area contributed by atoms with Gasteiger partial charge in [0.15, 0.2) is 0 Å². The highest BCUT2D eigenvalue weighted by molar-refractivity contribution is 7.86. The summed E-state index contributed by atoms with van der Waals surface area (Å²) in [6, 6.07) is 6.83. The summed E-state index contributed by atoms with van der Waals surface area (Å²) in [6.45, 7) is 2.44. The number of rotatable bonds is 4. The molecule has 1 aliphatic rings. The Kier molecular flexibility index (Phi) is 5.28. The number of para-hydroxylation sites is 1. The van der Waals surface area contributed by atoms with Gasteiger partial charge < -0.3 is 9.64 Å². The highest BCUT2D eigenvalue weighted by Crippen LogP contribution is 2.34. The number of ether oxygens (including phenoxy) is 1. The topological polar surface area (TPSA) is 70.2 Å². The number of amides is 1. The maximum atomic E-state index is 12.7. The van der Waals surface area contributed by atoms with Gasteiger partial charge in [-0.05, 0) is 6.07 Å². The summed E-state index contributed by atoms with van der Waals surface area (Å²) in [6.07, 6.45) is 0. The second kappa shape index (κ2) is 6.86. The number of hydrogen-bond donors (Lipinski definition) is 0. The Bertz CT molecular complexity index is 675. The number of piperazine rings is 1. The van der Waals surface area contributed by atoms with Crippen LogP contribution in [-0.4, -0.2) is 68.7 Å². The summed E-state index contributed by atoms with van der Waals surface area (Å²) in [7, 11) is 0.964. The average Bonchev–Trinajstić information content (AvgIpc) is 2.53. The van der Waals surface area contributed by atoms with E-state index in [0.29, 0.717) is 18.8 Å². The summed E-state index contributed by atoms with van der Waals surface area (Å²) in [5, 5.41) is 0. The highest BCUT2D eigenvalue weighted by atomic mass is 32.2. The van der Waals surface area contributed by atoms with Crippen molar-refractivity contribution in [2.75, 3.05) is 40.8 Å². The Labute approximate surface area is 137 Å². The lowest BCUT2D eigenvalue weighted by Crippen LogP contribution is -2.54. The quantitative estimate of drug-likeness (QED) is 0.809. The third kappa shape index (κ3) is 3.49. The Morgan fingerprint density at radius 2 is 1.91 bits per heavy atom. The van der Waals surface area contributed by atoms with Gasteiger partial charge in [0.25, 0.3) is 10.2 Å². The van der Waals surface area contributed by atoms with Crippen LogP contribution in [0, 0.1) is 0 Å². The first kappa shape index (κ1) is 17.7. The SMILES string of the molecule is COc1ccccc1[C@H]1CN(C(C)=O)CCN1S(=O)(=O)N(C)C. The Hall–Kier alpha value is -1.64. The molecule has 0 bridgehead atoms. The molecule has 23 heavy (non-hydrogen) atoms. The van der Waals surface area contributed by atoms with Crippen LogP contribution in [-0.2, 0) is 15.0 Å². The molecular formula is C15H23N3O4S. The number of carbonyl (C=O) groups is 1. The third-order valence-electron chi connectivity index (χ3n) is 4.03. The molecule has 0 radical (unpaired) electrons. The van der Waals surface area contributed by atoms with E-state index in [9.17, 15) is 13.2 Å². The fourth-order valence-electron chi connectivity index (χ4n) is 2.73. The number of benzene rings is 1. The first-order valence-corrected chi connectivity index (χ1v) is 8.76. The van der Waals surface area contributed by atoms with Gasteiger partial charge in [0.05, 0.1) is 13.2 Å². The van der Waals surface area contributed by atoms with Gasteiger partial charge in [-0.3, -0.25) is 4.79 Å². The van der Waals surface area contributed by atoms with E-state index in [4.69, 9.17) is 4.74 Å². The molecule has 0 N–H and O–H groups in total. The van der Waals surface area contributed by atoms with Gasteiger partial charge in [0.2, 0.25) is 5.91 Å². The van der Waals surface area contributed by atoms with Gasteiger partial charge in [-0.1, -0.05) is 18.2 Å². The summed E-state index contributed by atoms with van der Waals surface area (Å²) in [5.74, 6) is 0.550. The van der Waals surface area contributed by atoms with Gasteiger partial charge in [-0.25, -0.2) is 0 Å². The van der Waals surface area contributed by atoms with Crippen LogP contribution < -0.4 is 4.74 Å². The van der Waals surface area contributed by atoms with E-state index in [-0.39, 0.29) is 12.5 Å². The first-order chi connectivity index (χ1) is 10.8. The van der Waals surface area contributed by atoms with E-state index < -0.39 is 16.3 Å². The number of methoxy groups -OCH3 is 1. The van der Waals surface area contributed by atoms with Crippen molar-refractivity contribution >= 4 is 16.1 Å². The minimum atomic E-state index is -3.60. The normalized spacial score (nSPS) is 19.9. The molecule has 0 spiro atoms. The molecule has 1 heterocycles. The van der Waals surface area contributed by atoms with Crippen molar-refractivity contribution in [3.63, 3.8) is 0 Å². The third-order valence-corrected chi connectivity index (χ3v) is 5.98. The fraction of sp³-hybridized carbons (Fsp3) is 0.533. The summed E-state index contributed by atoms with van der Waals surface area (Å²) >= 11 is 0. The zero-order valence-corrected chi connectivity index (χ0v) is 14.7. The average molecular weight is 341 g/mol. The molecule has 128 valence electrons. The monoisotopic (exact) mass is 341 g/mol. The first-order valence-electron chi connectivity index (χ1n) is 7.36. The van der Waals surface area contributed by atoms with Gasteiger partial charge >= 0.3 is 0 Å². The molecular weight excluding hydrogens is 318 g/mol. The van der Waals surface area contributed by atoms with Gasteiger partial charge in [-0.15, -0.1) is 0 Å². The number of nitrogens with zero attached hydrogens (tertiary/aromatic N) is 3. The lowest BCUT2D eigenvalue weighted by atomic mass is 10.0. The summed E-state index contributed by atoms with van der Waals surface area (Å²) in [4.78, 5) is 13.4. The molecule has 1 aromatic rings. The standard InChI is InChI=1S/C15H23N3O4S/c1-12(19)17-9-10-18(23(20,21)16(2)3)14(11-17)13-7-5-6-8-15(13)22-4/h5-8,14H,9-11H2,1-4H3/t14-/m1/s1. The second-order valence-corrected chi connectivity index (χ2v) is 7.72. The van der Waals surface area contributed by atoms with E-state index in [1.807, 2.05) is 18.2 Å². The molecule has 0 aliphatic carbocycles. The summed E-state index contributed by atoms with van der Waals surface area (Å²) in [5.41, 5.74) is 0.756. The van der Waals surface area contributed by atoms with Crippen LogP contribution in [0.2, 0.25) is 0 Å². The maximum absolute atomic E-state index is 12.7. The molecule has 1 saturated heterocycles. The van der Waals surface area contributed by atoms with Crippen LogP contribution >= 0.6 is 0 Å². The second-order valence-electron chi connectivity index (χ2n) is 5.62. The van der Waals surface area contributed by atoms with Crippen LogP contribution in [0.5, 0.6) is 5.75 Å². The zero-order valence-electron chi connectivity index (χ0n) is 13.9. The van der Waals surface area contributed by atoms with Crippen molar-refractivity contribution in [1.29, 1.82) is 0 Å². The minimum absolute atomic E-state index is 0.0631. The molecule has 1 amide bonds. The van der Waals surface area contributed by atoms with Crippen LogP contribution in [0.4, 0.5) is 0 Å². The molecule has 1 aromatic carbocycles. The molecule has 1 aliphatic heterocycles. The van der Waals surface area contributed by atoms with Gasteiger partial charge in [-0.2, -0.15) is 17.0 Å². The highest BCUT2D eigenvalue weighted by Gasteiger charge is 2.39. The Balaban J connectivity index is 2.48. The van der Waals surface area contributed by atoms with E-state index in [1.165, 1.54) is 29.6 Å². The van der Waals surface area contributed by atoms with E-state index >= 15 is 0 Å². The zero-order chi connectivity index (χ0) is 17.2. The predicted octanol–water partition coefficient (Wildman–Crippen LogP) is 0.707. The van der Waals surface area contributed by atoms with E-state index in [0.717, 1.165) is 5.56 Å². The van der Waals surface area contributed by atoms with Gasteiger partial charge in [0.1, 0.15) is 5.75 Å². The van der Waals surface area contributed by atoms with Crippen LogP contribution in [0.3, 0.4) is 0 Å². The van der Waals surface area contributed by atoms with Crippen molar-refractivity contribution in [2.24, 2.45) is 0 Å². The Morgan fingerprint density at radius 1 is 1.26 bits per heavy atom. The molecule has 7 nitrogen and oxygen atoms in total. The van der Waals surface area contributed by atoms with Gasteiger partial charge in [0, 0.05) is 46.2 Å². The molecule has 0 unspecified atom stereocenters. The molecule has 1 atom stereocenters. The molecule has 8 heteroatoms.